The number of benzene rings is 1. The lowest BCUT2D eigenvalue weighted by atomic mass is 10.1. The van der Waals surface area contributed by atoms with Crippen LogP contribution in [0.4, 0.5) is 13.2 Å². The summed E-state index contributed by atoms with van der Waals surface area (Å²) in [4.78, 5) is 13.4. The molecule has 1 rings (SSSR count). The van der Waals surface area contributed by atoms with E-state index in [1.54, 1.807) is 6.92 Å². The Bertz CT molecular complexity index is 432. The number of aliphatic hydroxyl groups is 1. The average Bonchev–Trinajstić information content (AvgIpc) is 2.38. The molecular weight excluding hydrogens is 259 g/mol. The summed E-state index contributed by atoms with van der Waals surface area (Å²) in [6, 6.07) is 4.73. The number of hydrogen-bond acceptors (Lipinski definition) is 2. The van der Waals surface area contributed by atoms with Crippen molar-refractivity contribution in [1.29, 1.82) is 0 Å². The van der Waals surface area contributed by atoms with E-state index in [2.05, 4.69) is 0 Å². The Kier molecular flexibility index (Phi) is 5.35. The molecule has 0 saturated carbocycles. The van der Waals surface area contributed by atoms with Gasteiger partial charge in [0, 0.05) is 19.7 Å². The van der Waals surface area contributed by atoms with Gasteiger partial charge in [-0.25, -0.2) is 0 Å². The Morgan fingerprint density at radius 1 is 1.32 bits per heavy atom. The molecule has 0 spiro atoms. The maximum absolute atomic E-state index is 12.8. The van der Waals surface area contributed by atoms with Crippen molar-refractivity contribution < 1.29 is 23.1 Å². The van der Waals surface area contributed by atoms with E-state index in [1.807, 2.05) is 0 Å². The van der Waals surface area contributed by atoms with Crippen molar-refractivity contribution in [3.63, 3.8) is 0 Å². The number of carbonyl (C=O) groups is 1. The fourth-order valence-corrected chi connectivity index (χ4v) is 1.75. The largest absolute Gasteiger partial charge is 0.417 e. The summed E-state index contributed by atoms with van der Waals surface area (Å²) in [5, 5.41) is 8.73. The molecular formula is C13H16F3NO2. The minimum Gasteiger partial charge on any atom is -0.396 e. The van der Waals surface area contributed by atoms with Crippen LogP contribution >= 0.6 is 0 Å². The normalized spacial score (nSPS) is 11.4. The third kappa shape index (κ3) is 3.96. The Morgan fingerprint density at radius 3 is 2.47 bits per heavy atom. The van der Waals surface area contributed by atoms with E-state index in [0.29, 0.717) is 13.0 Å². The van der Waals surface area contributed by atoms with E-state index in [1.165, 1.54) is 23.1 Å². The van der Waals surface area contributed by atoms with Gasteiger partial charge < -0.3 is 10.0 Å². The first-order chi connectivity index (χ1) is 8.91. The predicted octanol–water partition coefficient (Wildman–Crippen LogP) is 2.55. The molecule has 0 aliphatic carbocycles. The summed E-state index contributed by atoms with van der Waals surface area (Å²) in [5.74, 6) is -0.663. The number of nitrogens with zero attached hydrogens (tertiary/aromatic N) is 1. The van der Waals surface area contributed by atoms with Gasteiger partial charge in [0.15, 0.2) is 0 Å². The Balaban J connectivity index is 3.05. The second-order valence-corrected chi connectivity index (χ2v) is 4.01. The predicted molar refractivity (Wildman–Crippen MR) is 64.7 cm³/mol. The molecule has 0 aliphatic heterocycles. The van der Waals surface area contributed by atoms with Gasteiger partial charge in [0.2, 0.25) is 0 Å². The minimum absolute atomic E-state index is 0.106. The van der Waals surface area contributed by atoms with E-state index in [-0.39, 0.29) is 18.7 Å². The van der Waals surface area contributed by atoms with Crippen LogP contribution in [0.2, 0.25) is 0 Å². The maximum Gasteiger partial charge on any atom is 0.417 e. The topological polar surface area (TPSA) is 40.5 Å². The van der Waals surface area contributed by atoms with E-state index in [0.717, 1.165) is 6.07 Å². The van der Waals surface area contributed by atoms with Gasteiger partial charge in [-0.2, -0.15) is 13.2 Å². The van der Waals surface area contributed by atoms with Crippen LogP contribution in [-0.4, -0.2) is 35.6 Å². The van der Waals surface area contributed by atoms with E-state index >= 15 is 0 Å². The third-order valence-corrected chi connectivity index (χ3v) is 2.72. The first kappa shape index (κ1) is 15.5. The fraction of sp³-hybridized carbons (Fsp3) is 0.462. The number of rotatable bonds is 5. The molecule has 1 N–H and O–H groups in total. The number of carbonyl (C=O) groups excluding carboxylic acids is 1. The molecule has 0 heterocycles. The highest BCUT2D eigenvalue weighted by Gasteiger charge is 2.35. The quantitative estimate of drug-likeness (QED) is 0.897. The van der Waals surface area contributed by atoms with Crippen molar-refractivity contribution in [3.8, 4) is 0 Å². The van der Waals surface area contributed by atoms with Crippen LogP contribution in [0, 0.1) is 0 Å². The SMILES string of the molecule is CCN(CCCO)C(=O)c1ccccc1C(F)(F)F. The summed E-state index contributed by atoms with van der Waals surface area (Å²) in [6.45, 7) is 2.11. The molecule has 0 aliphatic rings. The monoisotopic (exact) mass is 275 g/mol. The average molecular weight is 275 g/mol. The van der Waals surface area contributed by atoms with E-state index in [4.69, 9.17) is 5.11 Å². The number of alkyl halides is 3. The minimum atomic E-state index is -4.55. The van der Waals surface area contributed by atoms with Crippen LogP contribution < -0.4 is 0 Å². The summed E-state index contributed by atoms with van der Waals surface area (Å²) < 4.78 is 38.5. The molecule has 1 aromatic rings. The van der Waals surface area contributed by atoms with Crippen LogP contribution in [-0.2, 0) is 6.18 Å². The zero-order chi connectivity index (χ0) is 14.5. The van der Waals surface area contributed by atoms with Crippen LogP contribution in [0.15, 0.2) is 24.3 Å². The lowest BCUT2D eigenvalue weighted by molar-refractivity contribution is -0.138. The summed E-state index contributed by atoms with van der Waals surface area (Å²) in [5.41, 5.74) is -1.28. The van der Waals surface area contributed by atoms with Crippen molar-refractivity contribution >= 4 is 5.91 Å². The summed E-state index contributed by atoms with van der Waals surface area (Å²) in [6.07, 6.45) is -4.21. The van der Waals surface area contributed by atoms with Gasteiger partial charge in [-0.05, 0) is 25.5 Å². The van der Waals surface area contributed by atoms with Crippen LogP contribution in [0.1, 0.15) is 29.3 Å². The van der Waals surface area contributed by atoms with Gasteiger partial charge in [-0.3, -0.25) is 4.79 Å². The zero-order valence-electron chi connectivity index (χ0n) is 10.6. The second kappa shape index (κ2) is 6.56. The van der Waals surface area contributed by atoms with E-state index < -0.39 is 17.6 Å². The summed E-state index contributed by atoms with van der Waals surface area (Å²) in [7, 11) is 0. The number of amides is 1. The molecule has 0 unspecified atom stereocenters. The highest BCUT2D eigenvalue weighted by Crippen LogP contribution is 2.32. The third-order valence-electron chi connectivity index (χ3n) is 2.72. The van der Waals surface area contributed by atoms with Crippen LogP contribution in [0.25, 0.3) is 0 Å². The van der Waals surface area contributed by atoms with Crippen molar-refractivity contribution in [2.75, 3.05) is 19.7 Å². The summed E-state index contributed by atoms with van der Waals surface area (Å²) >= 11 is 0. The molecule has 0 aromatic heterocycles. The van der Waals surface area contributed by atoms with Crippen molar-refractivity contribution in [3.05, 3.63) is 35.4 Å². The molecule has 1 amide bonds. The molecule has 19 heavy (non-hydrogen) atoms. The number of halogens is 3. The highest BCUT2D eigenvalue weighted by atomic mass is 19.4. The molecule has 0 radical (unpaired) electrons. The molecule has 6 heteroatoms. The van der Waals surface area contributed by atoms with Gasteiger partial charge in [0.05, 0.1) is 11.1 Å². The smallest absolute Gasteiger partial charge is 0.396 e. The fourth-order valence-electron chi connectivity index (χ4n) is 1.75. The first-order valence-electron chi connectivity index (χ1n) is 5.98. The number of hydrogen-bond donors (Lipinski definition) is 1. The van der Waals surface area contributed by atoms with E-state index in [9.17, 15) is 18.0 Å². The Morgan fingerprint density at radius 2 is 1.95 bits per heavy atom. The standard InChI is InChI=1S/C13H16F3NO2/c1-2-17(8-5-9-18)12(19)10-6-3-4-7-11(10)13(14,15)16/h3-4,6-7,18H,2,5,8-9H2,1H3. The second-order valence-electron chi connectivity index (χ2n) is 4.01. The van der Waals surface area contributed by atoms with Gasteiger partial charge in [0.1, 0.15) is 0 Å². The molecule has 106 valence electrons. The van der Waals surface area contributed by atoms with Crippen LogP contribution in [0.3, 0.4) is 0 Å². The molecule has 0 saturated heterocycles. The molecule has 3 nitrogen and oxygen atoms in total. The highest BCUT2D eigenvalue weighted by molar-refractivity contribution is 5.95. The molecule has 1 aromatic carbocycles. The molecule has 0 atom stereocenters. The molecule has 0 bridgehead atoms. The van der Waals surface area contributed by atoms with Gasteiger partial charge >= 0.3 is 6.18 Å². The number of aliphatic hydroxyl groups excluding tert-OH is 1. The zero-order valence-corrected chi connectivity index (χ0v) is 10.6. The lowest BCUT2D eigenvalue weighted by Crippen LogP contribution is -2.33. The van der Waals surface area contributed by atoms with Crippen molar-refractivity contribution in [2.24, 2.45) is 0 Å². The Labute approximate surface area is 109 Å². The van der Waals surface area contributed by atoms with Gasteiger partial charge in [0.25, 0.3) is 5.91 Å². The Hall–Kier alpha value is -1.56. The van der Waals surface area contributed by atoms with Gasteiger partial charge in [-0.15, -0.1) is 0 Å². The van der Waals surface area contributed by atoms with Crippen molar-refractivity contribution in [2.45, 2.75) is 19.5 Å². The van der Waals surface area contributed by atoms with Crippen molar-refractivity contribution in [1.82, 2.24) is 4.90 Å². The molecule has 0 fully saturated rings. The van der Waals surface area contributed by atoms with Crippen LogP contribution in [0.5, 0.6) is 0 Å². The van der Waals surface area contributed by atoms with Gasteiger partial charge in [-0.1, -0.05) is 12.1 Å². The first-order valence-corrected chi connectivity index (χ1v) is 5.98. The maximum atomic E-state index is 12.8. The lowest BCUT2D eigenvalue weighted by Gasteiger charge is -2.22.